The number of rotatable bonds is 5. The molecule has 5 aliphatic rings. The molecule has 0 radical (unpaired) electrons. The van der Waals surface area contributed by atoms with Gasteiger partial charge in [-0.2, -0.15) is 0 Å². The first-order valence-electron chi connectivity index (χ1n) is 15.2. The molecule has 0 spiro atoms. The Hall–Kier alpha value is -2.18. The minimum Gasteiger partial charge on any atom is -0.455 e. The Bertz CT molecular complexity index is 1270. The molecule has 0 amide bonds. The van der Waals surface area contributed by atoms with E-state index in [0.717, 1.165) is 0 Å². The zero-order valence-electron chi connectivity index (χ0n) is 26.0. The second-order valence-corrected chi connectivity index (χ2v) is 14.0. The lowest BCUT2D eigenvalue weighted by Crippen LogP contribution is -2.71. The van der Waals surface area contributed by atoms with Gasteiger partial charge < -0.3 is 38.3 Å². The van der Waals surface area contributed by atoms with E-state index < -0.39 is 70.2 Å². The molecule has 1 aromatic carbocycles. The quantitative estimate of drug-likeness (QED) is 0.306. The van der Waals surface area contributed by atoms with E-state index >= 15 is 0 Å². The lowest BCUT2D eigenvalue weighted by Gasteiger charge is -2.60. The number of carbonyl (C=O) groups is 2. The van der Waals surface area contributed by atoms with Crippen LogP contribution in [-0.4, -0.2) is 91.5 Å². The maximum atomic E-state index is 14.0. The summed E-state index contributed by atoms with van der Waals surface area (Å²) in [6.07, 6.45) is -0.0634. The van der Waals surface area contributed by atoms with Crippen molar-refractivity contribution in [2.24, 2.45) is 22.7 Å². The molecule has 236 valence electrons. The van der Waals surface area contributed by atoms with Gasteiger partial charge in [-0.3, -0.25) is 4.79 Å². The highest BCUT2D eigenvalue weighted by Crippen LogP contribution is 2.64. The highest BCUT2D eigenvalue weighted by molar-refractivity contribution is 5.89. The van der Waals surface area contributed by atoms with Gasteiger partial charge in [0.1, 0.15) is 23.9 Å². The molecule has 0 aromatic heterocycles. The van der Waals surface area contributed by atoms with Crippen molar-refractivity contribution >= 4 is 11.8 Å². The maximum absolute atomic E-state index is 14.0. The predicted octanol–water partition coefficient (Wildman–Crippen LogP) is 3.45. The number of aliphatic hydroxyl groups excluding tert-OH is 1. The molecule has 9 atom stereocenters. The number of epoxide rings is 1. The maximum Gasteiger partial charge on any atom is 0.338 e. The van der Waals surface area contributed by atoms with E-state index in [9.17, 15) is 14.7 Å². The molecule has 0 bridgehead atoms. The van der Waals surface area contributed by atoms with Gasteiger partial charge >= 0.3 is 5.97 Å². The number of ketones is 1. The number of hydrogen-bond acceptors (Lipinski definition) is 10. The molecule has 3 heterocycles. The summed E-state index contributed by atoms with van der Waals surface area (Å²) in [4.78, 5) is 27.9. The van der Waals surface area contributed by atoms with Crippen molar-refractivity contribution in [1.29, 1.82) is 0 Å². The van der Waals surface area contributed by atoms with Gasteiger partial charge in [0.25, 0.3) is 0 Å². The number of carbonyl (C=O) groups excluding carboxylic acids is 2. The Kier molecular flexibility index (Phi) is 7.48. The van der Waals surface area contributed by atoms with E-state index in [4.69, 9.17) is 33.2 Å². The van der Waals surface area contributed by atoms with Crippen LogP contribution in [0, 0.1) is 22.7 Å². The van der Waals surface area contributed by atoms with Crippen molar-refractivity contribution in [3.8, 4) is 0 Å². The van der Waals surface area contributed by atoms with Crippen molar-refractivity contribution in [2.75, 3.05) is 26.9 Å². The Balaban J connectivity index is 1.56. The molecule has 5 fully saturated rings. The fourth-order valence-corrected chi connectivity index (χ4v) is 8.14. The van der Waals surface area contributed by atoms with E-state index in [2.05, 4.69) is 0 Å². The fraction of sp³-hybridized carbons (Fsp3) is 0.697. The Morgan fingerprint density at radius 3 is 2.30 bits per heavy atom. The number of hydrogen-bond donors (Lipinski definition) is 1. The van der Waals surface area contributed by atoms with Gasteiger partial charge in [0, 0.05) is 36.2 Å². The van der Waals surface area contributed by atoms with E-state index in [1.54, 1.807) is 37.5 Å². The molecule has 3 aliphatic heterocycles. The number of methoxy groups -OCH3 is 1. The Morgan fingerprint density at radius 2 is 1.65 bits per heavy atom. The fourth-order valence-electron chi connectivity index (χ4n) is 8.14. The molecule has 6 rings (SSSR count). The molecule has 3 saturated heterocycles. The largest absolute Gasteiger partial charge is 0.455 e. The molecule has 1 unspecified atom stereocenters. The standard InChI is InChI=1S/C33H44O10/c1-29(2)17-21(34)25(35)32(6)22(20-18-40-30(3,4)43-23(20)24-27(32)41-24)26(42-28(36)19-11-9-8-10-12-19)33(29,37-7)14-13-31(5)38-15-16-39-31/h8-14,20,22-27,35H,15-18H2,1-7H3/b14-13+/t20-,22+,23+,24+,25?,26+,27+,32+,33+/m0/s1. The average Bonchev–Trinajstić information content (AvgIpc) is 3.67. The molecular formula is C33H44O10. The van der Waals surface area contributed by atoms with Gasteiger partial charge in [0.15, 0.2) is 17.4 Å². The van der Waals surface area contributed by atoms with Gasteiger partial charge in [0.2, 0.25) is 0 Å². The first kappa shape index (κ1) is 30.8. The molecule has 10 nitrogen and oxygen atoms in total. The zero-order chi connectivity index (χ0) is 31.0. The number of ether oxygens (including phenoxy) is 7. The molecule has 1 N–H and O–H groups in total. The third kappa shape index (κ3) is 4.90. The SMILES string of the molecule is CO[C@]1(/C=C/C2(C)OCCO2)[C@H](OC(=O)c2ccccc2)[C@H]2[C@@H]3COC(C)(C)O[C@H]3[C@H]3O[C@H]3[C@@]2(C)C(O)C(=O)CC1(C)C. The van der Waals surface area contributed by atoms with E-state index in [-0.39, 0.29) is 24.9 Å². The number of benzene rings is 1. The monoisotopic (exact) mass is 600 g/mol. The van der Waals surface area contributed by atoms with Gasteiger partial charge in [-0.15, -0.1) is 0 Å². The van der Waals surface area contributed by atoms with Crippen LogP contribution in [0.4, 0.5) is 0 Å². The minimum absolute atomic E-state index is 0.0437. The third-order valence-electron chi connectivity index (χ3n) is 10.5. The molecule has 2 saturated carbocycles. The Labute approximate surface area is 252 Å². The summed E-state index contributed by atoms with van der Waals surface area (Å²) in [5.41, 5.74) is -3.12. The minimum atomic E-state index is -1.38. The van der Waals surface area contributed by atoms with Crippen LogP contribution in [0.15, 0.2) is 42.5 Å². The van der Waals surface area contributed by atoms with E-state index in [1.165, 1.54) is 0 Å². The van der Waals surface area contributed by atoms with Crippen LogP contribution in [0.1, 0.15) is 58.3 Å². The topological polar surface area (TPSA) is 122 Å². The van der Waals surface area contributed by atoms with Gasteiger partial charge in [-0.25, -0.2) is 4.79 Å². The zero-order valence-corrected chi connectivity index (χ0v) is 26.0. The number of fused-ring (bicyclic) bond motifs is 6. The van der Waals surface area contributed by atoms with Crippen molar-refractivity contribution in [1.82, 2.24) is 0 Å². The molecule has 2 aliphatic carbocycles. The highest BCUT2D eigenvalue weighted by Gasteiger charge is 2.76. The van der Waals surface area contributed by atoms with Crippen LogP contribution in [0.2, 0.25) is 0 Å². The summed E-state index contributed by atoms with van der Waals surface area (Å²) in [7, 11) is 1.56. The van der Waals surface area contributed by atoms with Gasteiger partial charge in [-0.1, -0.05) is 39.0 Å². The smallest absolute Gasteiger partial charge is 0.338 e. The first-order chi connectivity index (χ1) is 20.2. The number of aliphatic hydroxyl groups is 1. The van der Waals surface area contributed by atoms with Crippen LogP contribution in [0.25, 0.3) is 0 Å². The molecular weight excluding hydrogens is 556 g/mol. The van der Waals surface area contributed by atoms with E-state index in [1.807, 2.05) is 53.7 Å². The molecule has 1 aromatic rings. The highest BCUT2D eigenvalue weighted by atomic mass is 16.7. The van der Waals surface area contributed by atoms with Gasteiger partial charge in [0.05, 0.1) is 37.6 Å². The van der Waals surface area contributed by atoms with Crippen molar-refractivity contribution in [2.45, 2.75) is 95.7 Å². The van der Waals surface area contributed by atoms with Crippen LogP contribution in [-0.2, 0) is 38.0 Å². The number of Topliss-reactive ketones (excluding diaryl/α,β-unsaturated/α-hetero) is 1. The summed E-state index contributed by atoms with van der Waals surface area (Å²) >= 11 is 0. The molecule has 10 heteroatoms. The van der Waals surface area contributed by atoms with E-state index in [0.29, 0.717) is 18.8 Å². The summed E-state index contributed by atoms with van der Waals surface area (Å²) in [6, 6.07) is 8.76. The van der Waals surface area contributed by atoms with Gasteiger partial charge in [-0.05, 0) is 45.1 Å². The van der Waals surface area contributed by atoms with Crippen molar-refractivity contribution in [3.05, 3.63) is 48.0 Å². The summed E-state index contributed by atoms with van der Waals surface area (Å²) in [6.45, 7) is 12.3. The number of esters is 1. The van der Waals surface area contributed by atoms with Crippen LogP contribution in [0.3, 0.4) is 0 Å². The lowest BCUT2D eigenvalue weighted by molar-refractivity contribution is -0.323. The summed E-state index contributed by atoms with van der Waals surface area (Å²) in [5, 5.41) is 11.9. The lowest BCUT2D eigenvalue weighted by atomic mass is 9.50. The summed E-state index contributed by atoms with van der Waals surface area (Å²) in [5.74, 6) is -3.85. The van der Waals surface area contributed by atoms with Crippen molar-refractivity contribution < 1.29 is 47.9 Å². The first-order valence-corrected chi connectivity index (χ1v) is 15.2. The van der Waals surface area contributed by atoms with Crippen molar-refractivity contribution in [3.63, 3.8) is 0 Å². The third-order valence-corrected chi connectivity index (χ3v) is 10.5. The second kappa shape index (κ2) is 10.4. The average molecular weight is 601 g/mol. The van der Waals surface area contributed by atoms with Crippen LogP contribution >= 0.6 is 0 Å². The second-order valence-electron chi connectivity index (χ2n) is 14.0. The molecule has 43 heavy (non-hydrogen) atoms. The predicted molar refractivity (Wildman–Crippen MR) is 153 cm³/mol. The van der Waals surface area contributed by atoms with Crippen LogP contribution < -0.4 is 0 Å². The normalized spacial score (nSPS) is 42.7. The summed E-state index contributed by atoms with van der Waals surface area (Å²) < 4.78 is 43.8. The Morgan fingerprint density at radius 1 is 0.977 bits per heavy atom. The van der Waals surface area contributed by atoms with Crippen LogP contribution in [0.5, 0.6) is 0 Å².